The summed E-state index contributed by atoms with van der Waals surface area (Å²) >= 11 is 1.35. The molecule has 1 aromatic heterocycles. The van der Waals surface area contributed by atoms with Crippen LogP contribution in [0.2, 0.25) is 0 Å². The van der Waals surface area contributed by atoms with E-state index in [1.54, 1.807) is 11.7 Å². The van der Waals surface area contributed by atoms with E-state index in [-0.39, 0.29) is 5.48 Å². The second-order valence-corrected chi connectivity index (χ2v) is 1.86. The zero-order valence-corrected chi connectivity index (χ0v) is 4.77. The highest BCUT2D eigenvalue weighted by molar-refractivity contribution is 7.10. The highest BCUT2D eigenvalue weighted by Gasteiger charge is 1.84. The lowest BCUT2D eigenvalue weighted by molar-refractivity contribution is 0.824. The van der Waals surface area contributed by atoms with Crippen molar-refractivity contribution in [1.82, 2.24) is 4.98 Å². The molecule has 0 saturated heterocycles. The normalized spacial score (nSPS) is 6.88. The number of thiazole rings is 1. The Morgan fingerprint density at radius 1 is 1.75 bits per heavy atom. The summed E-state index contributed by atoms with van der Waals surface area (Å²) in [7, 11) is 0. The third-order valence-corrected chi connectivity index (χ3v) is 1.22. The molecule has 0 aliphatic rings. The number of nitriles is 1. The van der Waals surface area contributed by atoms with Gasteiger partial charge in [-0.15, -0.1) is 11.3 Å². The topological polar surface area (TPSA) is 68.2 Å². The van der Waals surface area contributed by atoms with E-state index in [0.29, 0.717) is 4.88 Å². The molecule has 8 heavy (non-hydrogen) atoms. The summed E-state index contributed by atoms with van der Waals surface area (Å²) in [5, 5.41) is 8.15. The molecule has 0 saturated carbocycles. The SMILES string of the molecule is N#Cc1cncs1.O. The molecule has 0 bridgehead atoms. The summed E-state index contributed by atoms with van der Waals surface area (Å²) in [5.41, 5.74) is 1.64. The molecule has 0 aliphatic heterocycles. The van der Waals surface area contributed by atoms with Crippen molar-refractivity contribution in [3.05, 3.63) is 16.6 Å². The Labute approximate surface area is 50.5 Å². The molecule has 2 N–H and O–H groups in total. The van der Waals surface area contributed by atoms with Crippen LogP contribution < -0.4 is 0 Å². The molecule has 4 heteroatoms. The van der Waals surface area contributed by atoms with Gasteiger partial charge in [0.2, 0.25) is 0 Å². The average Bonchev–Trinajstić information content (AvgIpc) is 2.14. The van der Waals surface area contributed by atoms with Crippen molar-refractivity contribution in [2.75, 3.05) is 0 Å². The van der Waals surface area contributed by atoms with Crippen LogP contribution >= 0.6 is 11.3 Å². The van der Waals surface area contributed by atoms with Crippen LogP contribution in [-0.2, 0) is 0 Å². The van der Waals surface area contributed by atoms with Gasteiger partial charge in [-0.25, -0.2) is 0 Å². The molecule has 1 heterocycles. The van der Waals surface area contributed by atoms with E-state index >= 15 is 0 Å². The lowest BCUT2D eigenvalue weighted by Crippen LogP contribution is -1.53. The summed E-state index contributed by atoms with van der Waals surface area (Å²) in [4.78, 5) is 4.36. The number of hydrogen-bond acceptors (Lipinski definition) is 3. The van der Waals surface area contributed by atoms with Gasteiger partial charge in [0.1, 0.15) is 10.9 Å². The summed E-state index contributed by atoms with van der Waals surface area (Å²) in [6.45, 7) is 0. The van der Waals surface area contributed by atoms with Crippen LogP contribution in [0.25, 0.3) is 0 Å². The average molecular weight is 128 g/mol. The predicted molar refractivity (Wildman–Crippen MR) is 30.4 cm³/mol. The van der Waals surface area contributed by atoms with Crippen LogP contribution in [0.5, 0.6) is 0 Å². The van der Waals surface area contributed by atoms with E-state index in [0.717, 1.165) is 0 Å². The van der Waals surface area contributed by atoms with Crippen molar-refractivity contribution in [3.8, 4) is 6.07 Å². The number of hydrogen-bond donors (Lipinski definition) is 0. The van der Waals surface area contributed by atoms with Gasteiger partial charge >= 0.3 is 0 Å². The molecule has 1 aromatic rings. The minimum absolute atomic E-state index is 0. The molecule has 0 radical (unpaired) electrons. The molecule has 0 spiro atoms. The van der Waals surface area contributed by atoms with Crippen LogP contribution in [-0.4, -0.2) is 10.5 Å². The largest absolute Gasteiger partial charge is 0.412 e. The van der Waals surface area contributed by atoms with Crippen LogP contribution in [0.15, 0.2) is 11.7 Å². The van der Waals surface area contributed by atoms with Crippen LogP contribution in [0.1, 0.15) is 4.88 Å². The van der Waals surface area contributed by atoms with E-state index < -0.39 is 0 Å². The van der Waals surface area contributed by atoms with Gasteiger partial charge in [0.25, 0.3) is 0 Å². The molecule has 0 aromatic carbocycles. The van der Waals surface area contributed by atoms with E-state index in [1.807, 2.05) is 6.07 Å². The van der Waals surface area contributed by atoms with Crippen LogP contribution in [0, 0.1) is 11.3 Å². The fourth-order valence-electron chi connectivity index (χ4n) is 0.271. The fraction of sp³-hybridized carbons (Fsp3) is 0. The van der Waals surface area contributed by atoms with Gasteiger partial charge in [0, 0.05) is 0 Å². The molecular formula is C4H4N2OS. The van der Waals surface area contributed by atoms with Gasteiger partial charge in [-0.05, 0) is 0 Å². The molecule has 0 amide bonds. The second kappa shape index (κ2) is 3.13. The zero-order valence-electron chi connectivity index (χ0n) is 3.96. The summed E-state index contributed by atoms with van der Waals surface area (Å²) in [6.07, 6.45) is 1.55. The van der Waals surface area contributed by atoms with Crippen molar-refractivity contribution in [3.63, 3.8) is 0 Å². The molecule has 0 fully saturated rings. The Balaban J connectivity index is 0.000000490. The van der Waals surface area contributed by atoms with Crippen molar-refractivity contribution < 1.29 is 5.48 Å². The fourth-order valence-corrected chi connectivity index (χ4v) is 0.681. The van der Waals surface area contributed by atoms with Crippen molar-refractivity contribution in [1.29, 1.82) is 5.26 Å². The number of aromatic nitrogens is 1. The Morgan fingerprint density at radius 3 is 2.75 bits per heavy atom. The monoisotopic (exact) mass is 128 g/mol. The third kappa shape index (κ3) is 1.30. The molecular weight excluding hydrogens is 124 g/mol. The first-order chi connectivity index (χ1) is 3.43. The maximum Gasteiger partial charge on any atom is 0.124 e. The van der Waals surface area contributed by atoms with Gasteiger partial charge < -0.3 is 5.48 Å². The standard InChI is InChI=1S/C4H2N2S.H2O/c5-1-4-2-6-3-7-4;/h2-3H;1H2. The Bertz CT molecular complexity index is 176. The smallest absolute Gasteiger partial charge is 0.124 e. The first-order valence-electron chi connectivity index (χ1n) is 1.72. The van der Waals surface area contributed by atoms with E-state index in [2.05, 4.69) is 4.98 Å². The predicted octanol–water partition coefficient (Wildman–Crippen LogP) is 0.190. The van der Waals surface area contributed by atoms with Gasteiger partial charge in [-0.2, -0.15) is 5.26 Å². The Morgan fingerprint density at radius 2 is 2.50 bits per heavy atom. The van der Waals surface area contributed by atoms with Gasteiger partial charge in [-0.3, -0.25) is 4.98 Å². The first-order valence-corrected chi connectivity index (χ1v) is 2.60. The molecule has 3 nitrogen and oxygen atoms in total. The quantitative estimate of drug-likeness (QED) is 0.500. The van der Waals surface area contributed by atoms with Crippen LogP contribution in [0.3, 0.4) is 0 Å². The van der Waals surface area contributed by atoms with Gasteiger partial charge in [0.05, 0.1) is 11.7 Å². The van der Waals surface area contributed by atoms with Crippen molar-refractivity contribution in [2.45, 2.75) is 0 Å². The van der Waals surface area contributed by atoms with Crippen molar-refractivity contribution in [2.24, 2.45) is 0 Å². The molecule has 0 aliphatic carbocycles. The lowest BCUT2D eigenvalue weighted by atomic mass is 10.6. The highest BCUT2D eigenvalue weighted by Crippen LogP contribution is 2.00. The Kier molecular flexibility index (Phi) is 2.77. The maximum atomic E-state index is 8.15. The lowest BCUT2D eigenvalue weighted by Gasteiger charge is -1.60. The number of rotatable bonds is 0. The van der Waals surface area contributed by atoms with Gasteiger partial charge in [-0.1, -0.05) is 0 Å². The minimum atomic E-state index is 0. The number of nitrogens with zero attached hydrogens (tertiary/aromatic N) is 2. The van der Waals surface area contributed by atoms with E-state index in [4.69, 9.17) is 5.26 Å². The molecule has 42 valence electrons. The molecule has 0 atom stereocenters. The van der Waals surface area contributed by atoms with Crippen LogP contribution in [0.4, 0.5) is 0 Å². The van der Waals surface area contributed by atoms with E-state index in [1.165, 1.54) is 11.3 Å². The third-order valence-electron chi connectivity index (χ3n) is 0.543. The van der Waals surface area contributed by atoms with E-state index in [9.17, 15) is 0 Å². The summed E-state index contributed by atoms with van der Waals surface area (Å²) < 4.78 is 0. The summed E-state index contributed by atoms with van der Waals surface area (Å²) in [6, 6.07) is 1.96. The Hall–Kier alpha value is -0.920. The van der Waals surface area contributed by atoms with Gasteiger partial charge in [0.15, 0.2) is 0 Å². The minimum Gasteiger partial charge on any atom is -0.412 e. The maximum absolute atomic E-state index is 8.15. The molecule has 1 rings (SSSR count). The molecule has 0 unspecified atom stereocenters. The summed E-state index contributed by atoms with van der Waals surface area (Å²) in [5.74, 6) is 0. The first kappa shape index (κ1) is 7.08. The highest BCUT2D eigenvalue weighted by atomic mass is 32.1. The zero-order chi connectivity index (χ0) is 5.11. The second-order valence-electron chi connectivity index (χ2n) is 0.977. The van der Waals surface area contributed by atoms with Crippen molar-refractivity contribution >= 4 is 11.3 Å².